The molecule has 82 valence electrons. The van der Waals surface area contributed by atoms with Crippen LogP contribution in [0.3, 0.4) is 0 Å². The van der Waals surface area contributed by atoms with Crippen molar-refractivity contribution in [3.63, 3.8) is 0 Å². The van der Waals surface area contributed by atoms with Crippen LogP contribution in [0, 0.1) is 6.92 Å². The highest BCUT2D eigenvalue weighted by molar-refractivity contribution is 5.95. The molecule has 1 rings (SSSR count). The van der Waals surface area contributed by atoms with Gasteiger partial charge in [0.25, 0.3) is 0 Å². The molecule has 15 heavy (non-hydrogen) atoms. The van der Waals surface area contributed by atoms with Crippen molar-refractivity contribution in [1.82, 2.24) is 0 Å². The maximum absolute atomic E-state index is 11.2. The molecular weight excluding hydrogens is 188 g/mol. The van der Waals surface area contributed by atoms with E-state index in [1.54, 1.807) is 13.0 Å². The van der Waals surface area contributed by atoms with Crippen LogP contribution in [0.2, 0.25) is 0 Å². The molecule has 0 atom stereocenters. The zero-order valence-electron chi connectivity index (χ0n) is 9.67. The smallest absolute Gasteiger partial charge is 0.163 e. The Labute approximate surface area is 91.0 Å². The van der Waals surface area contributed by atoms with E-state index in [0.717, 1.165) is 12.2 Å². The first-order valence-electron chi connectivity index (χ1n) is 5.43. The first-order chi connectivity index (χ1) is 7.15. The fourth-order valence-electron chi connectivity index (χ4n) is 1.46. The predicted octanol–water partition coefficient (Wildman–Crippen LogP) is 3.99. The van der Waals surface area contributed by atoms with Gasteiger partial charge in [-0.1, -0.05) is 25.8 Å². The van der Waals surface area contributed by atoms with Gasteiger partial charge in [-0.05, 0) is 32.4 Å². The molecule has 0 aliphatic carbocycles. The highest BCUT2D eigenvalue weighted by Crippen LogP contribution is 2.16. The minimum absolute atomic E-state index is 0.0597. The van der Waals surface area contributed by atoms with Crippen molar-refractivity contribution in [2.75, 3.05) is 0 Å². The van der Waals surface area contributed by atoms with Crippen molar-refractivity contribution in [3.8, 4) is 0 Å². The van der Waals surface area contributed by atoms with Crippen molar-refractivity contribution in [2.24, 2.45) is 0 Å². The van der Waals surface area contributed by atoms with E-state index in [0.29, 0.717) is 11.3 Å². The van der Waals surface area contributed by atoms with Gasteiger partial charge in [0.2, 0.25) is 0 Å². The number of Topliss-reactive ketones (excluding diaryl/α,β-unsaturated/α-hetero) is 1. The van der Waals surface area contributed by atoms with Gasteiger partial charge in [-0.3, -0.25) is 4.79 Å². The number of unbranched alkanes of at least 4 members (excludes halogenated alkanes) is 2. The van der Waals surface area contributed by atoms with Gasteiger partial charge in [-0.15, -0.1) is 0 Å². The van der Waals surface area contributed by atoms with Crippen LogP contribution in [0.25, 0.3) is 6.08 Å². The van der Waals surface area contributed by atoms with Crippen LogP contribution in [0.15, 0.2) is 16.6 Å². The summed E-state index contributed by atoms with van der Waals surface area (Å²) in [5.74, 6) is 1.54. The largest absolute Gasteiger partial charge is 0.461 e. The normalized spacial score (nSPS) is 11.1. The van der Waals surface area contributed by atoms with E-state index in [1.165, 1.54) is 12.8 Å². The van der Waals surface area contributed by atoms with Gasteiger partial charge in [0.15, 0.2) is 5.78 Å². The van der Waals surface area contributed by atoms with Crippen LogP contribution >= 0.6 is 0 Å². The SMILES string of the molecule is CCCC/C=C/c1cc(C(C)=O)c(C)o1. The first kappa shape index (κ1) is 11.8. The first-order valence-corrected chi connectivity index (χ1v) is 5.43. The molecule has 1 aromatic heterocycles. The molecule has 0 aromatic carbocycles. The second-order valence-electron chi connectivity index (χ2n) is 3.72. The molecule has 0 N–H and O–H groups in total. The van der Waals surface area contributed by atoms with E-state index < -0.39 is 0 Å². The Morgan fingerprint density at radius 1 is 1.53 bits per heavy atom. The van der Waals surface area contributed by atoms with E-state index in [9.17, 15) is 4.79 Å². The molecule has 0 spiro atoms. The molecule has 0 radical (unpaired) electrons. The van der Waals surface area contributed by atoms with E-state index in [1.807, 2.05) is 13.0 Å². The Balaban J connectivity index is 2.67. The highest BCUT2D eigenvalue weighted by Gasteiger charge is 2.08. The molecule has 2 heteroatoms. The number of furan rings is 1. The number of hydrogen-bond acceptors (Lipinski definition) is 2. The standard InChI is InChI=1S/C13H18O2/c1-4-5-6-7-8-12-9-13(10(2)14)11(3)15-12/h7-9H,4-6H2,1-3H3/b8-7+. The summed E-state index contributed by atoms with van der Waals surface area (Å²) < 4.78 is 5.45. The third kappa shape index (κ3) is 3.39. The number of ketones is 1. The molecule has 0 saturated heterocycles. The van der Waals surface area contributed by atoms with Crippen molar-refractivity contribution in [1.29, 1.82) is 0 Å². The fourth-order valence-corrected chi connectivity index (χ4v) is 1.46. The molecule has 0 aliphatic rings. The van der Waals surface area contributed by atoms with Crippen LogP contribution in [0.4, 0.5) is 0 Å². The van der Waals surface area contributed by atoms with Crippen LogP contribution in [0.1, 0.15) is 55.0 Å². The molecule has 1 aromatic rings. The second-order valence-corrected chi connectivity index (χ2v) is 3.72. The second kappa shape index (κ2) is 5.54. The highest BCUT2D eigenvalue weighted by atomic mass is 16.3. The molecule has 2 nitrogen and oxygen atoms in total. The molecule has 0 amide bonds. The quantitative estimate of drug-likeness (QED) is 0.538. The lowest BCUT2D eigenvalue weighted by Gasteiger charge is -1.87. The molecule has 0 fully saturated rings. The van der Waals surface area contributed by atoms with Crippen molar-refractivity contribution >= 4 is 11.9 Å². The summed E-state index contributed by atoms with van der Waals surface area (Å²) in [7, 11) is 0. The van der Waals surface area contributed by atoms with Crippen molar-refractivity contribution < 1.29 is 9.21 Å². The lowest BCUT2D eigenvalue weighted by Crippen LogP contribution is -1.89. The molecule has 0 aliphatic heterocycles. The van der Waals surface area contributed by atoms with E-state index >= 15 is 0 Å². The maximum Gasteiger partial charge on any atom is 0.163 e. The topological polar surface area (TPSA) is 30.2 Å². The van der Waals surface area contributed by atoms with Crippen molar-refractivity contribution in [3.05, 3.63) is 29.2 Å². The van der Waals surface area contributed by atoms with Crippen LogP contribution < -0.4 is 0 Å². The summed E-state index contributed by atoms with van der Waals surface area (Å²) in [4.78, 5) is 11.2. The summed E-state index contributed by atoms with van der Waals surface area (Å²) in [5, 5.41) is 0. The molecule has 0 unspecified atom stereocenters. The van der Waals surface area contributed by atoms with E-state index in [-0.39, 0.29) is 5.78 Å². The van der Waals surface area contributed by atoms with Crippen molar-refractivity contribution in [2.45, 2.75) is 40.0 Å². The fraction of sp³-hybridized carbons (Fsp3) is 0.462. The number of rotatable bonds is 5. The Hall–Kier alpha value is -1.31. The number of carbonyl (C=O) groups is 1. The third-order valence-corrected chi connectivity index (χ3v) is 2.32. The molecule has 1 heterocycles. The van der Waals surface area contributed by atoms with Crippen LogP contribution in [-0.4, -0.2) is 5.78 Å². The van der Waals surface area contributed by atoms with Crippen LogP contribution in [0.5, 0.6) is 0 Å². The van der Waals surface area contributed by atoms with E-state index in [4.69, 9.17) is 4.42 Å². The van der Waals surface area contributed by atoms with Crippen LogP contribution in [-0.2, 0) is 0 Å². The summed E-state index contributed by atoms with van der Waals surface area (Å²) in [6.07, 6.45) is 7.47. The Morgan fingerprint density at radius 2 is 2.27 bits per heavy atom. The summed E-state index contributed by atoms with van der Waals surface area (Å²) >= 11 is 0. The molecule has 0 saturated carbocycles. The van der Waals surface area contributed by atoms with Gasteiger partial charge in [0, 0.05) is 0 Å². The lowest BCUT2D eigenvalue weighted by atomic mass is 10.2. The average Bonchev–Trinajstić information content (AvgIpc) is 2.55. The number of allylic oxidation sites excluding steroid dienone is 1. The number of hydrogen-bond donors (Lipinski definition) is 0. The third-order valence-electron chi connectivity index (χ3n) is 2.32. The number of carbonyl (C=O) groups excluding carboxylic acids is 1. The summed E-state index contributed by atoms with van der Waals surface area (Å²) in [5.41, 5.74) is 0.685. The minimum atomic E-state index is 0.0597. The van der Waals surface area contributed by atoms with Gasteiger partial charge in [0.1, 0.15) is 11.5 Å². The van der Waals surface area contributed by atoms with Gasteiger partial charge in [0.05, 0.1) is 5.56 Å². The Bertz CT molecular complexity index is 359. The Kier molecular flexibility index (Phi) is 4.35. The molecule has 0 bridgehead atoms. The Morgan fingerprint density at radius 3 is 2.80 bits per heavy atom. The van der Waals surface area contributed by atoms with Gasteiger partial charge >= 0.3 is 0 Å². The molecular formula is C13H18O2. The average molecular weight is 206 g/mol. The zero-order chi connectivity index (χ0) is 11.3. The van der Waals surface area contributed by atoms with E-state index in [2.05, 4.69) is 13.0 Å². The van der Waals surface area contributed by atoms with Gasteiger partial charge in [-0.2, -0.15) is 0 Å². The van der Waals surface area contributed by atoms with Gasteiger partial charge < -0.3 is 4.42 Å². The lowest BCUT2D eigenvalue weighted by molar-refractivity contribution is 0.101. The van der Waals surface area contributed by atoms with Gasteiger partial charge in [-0.25, -0.2) is 0 Å². The summed E-state index contributed by atoms with van der Waals surface area (Å²) in [6, 6.07) is 1.81. The number of aryl methyl sites for hydroxylation is 1. The monoisotopic (exact) mass is 206 g/mol. The maximum atomic E-state index is 11.2. The minimum Gasteiger partial charge on any atom is -0.461 e. The summed E-state index contributed by atoms with van der Waals surface area (Å²) in [6.45, 7) is 5.54. The zero-order valence-corrected chi connectivity index (χ0v) is 9.67. The predicted molar refractivity (Wildman–Crippen MR) is 62.0 cm³/mol.